The predicted molar refractivity (Wildman–Crippen MR) is 98.7 cm³/mol. The number of hydrogen-bond donors (Lipinski definition) is 0. The number of esters is 1. The Labute approximate surface area is 157 Å². The molecule has 6 heteroatoms. The lowest BCUT2D eigenvalue weighted by Gasteiger charge is -2.22. The first-order valence-corrected chi connectivity index (χ1v) is 8.57. The van der Waals surface area contributed by atoms with Crippen LogP contribution in [0.4, 0.5) is 0 Å². The van der Waals surface area contributed by atoms with Crippen molar-refractivity contribution >= 4 is 17.6 Å². The van der Waals surface area contributed by atoms with Gasteiger partial charge in [-0.2, -0.15) is 0 Å². The molecule has 0 aliphatic heterocycles. The summed E-state index contributed by atoms with van der Waals surface area (Å²) in [6.45, 7) is 5.58. The van der Waals surface area contributed by atoms with Gasteiger partial charge in [-0.15, -0.1) is 10.2 Å². The molecule has 0 saturated heterocycles. The lowest BCUT2D eigenvalue weighted by atomic mass is 9.84. The van der Waals surface area contributed by atoms with Gasteiger partial charge in [0.15, 0.2) is 6.61 Å². The number of benzene rings is 2. The van der Waals surface area contributed by atoms with Crippen LogP contribution < -0.4 is 0 Å². The molecule has 0 unspecified atom stereocenters. The van der Waals surface area contributed by atoms with Crippen molar-refractivity contribution in [2.24, 2.45) is 0 Å². The van der Waals surface area contributed by atoms with Gasteiger partial charge in [0.1, 0.15) is 0 Å². The summed E-state index contributed by atoms with van der Waals surface area (Å²) in [7, 11) is 0. The van der Waals surface area contributed by atoms with Gasteiger partial charge in [-0.3, -0.25) is 4.79 Å². The van der Waals surface area contributed by atoms with Gasteiger partial charge in [0.2, 0.25) is 5.89 Å². The second-order valence-corrected chi connectivity index (χ2v) is 7.01. The molecule has 0 spiro atoms. The van der Waals surface area contributed by atoms with Crippen LogP contribution in [-0.2, 0) is 21.6 Å². The Bertz CT molecular complexity index is 900. The molecule has 0 radical (unpaired) electrons. The predicted octanol–water partition coefficient (Wildman–Crippen LogP) is 4.72. The summed E-state index contributed by atoms with van der Waals surface area (Å²) in [5.41, 5.74) is 2.01. The maximum atomic E-state index is 12.5. The van der Waals surface area contributed by atoms with Gasteiger partial charge >= 0.3 is 5.97 Å². The fourth-order valence-electron chi connectivity index (χ4n) is 2.42. The number of aromatic nitrogens is 2. The maximum absolute atomic E-state index is 12.5. The standard InChI is InChI=1S/C20H19ClN2O3/c1-13-4-8-15(9-5-13)20(2,3)19(24)25-12-17-22-23-18(26-17)14-6-10-16(21)11-7-14/h4-11H,12H2,1-3H3. The minimum Gasteiger partial charge on any atom is -0.455 e. The normalized spacial score (nSPS) is 11.4. The number of hydrogen-bond acceptors (Lipinski definition) is 5. The highest BCUT2D eigenvalue weighted by atomic mass is 35.5. The summed E-state index contributed by atoms with van der Waals surface area (Å²) in [5.74, 6) is 0.237. The van der Waals surface area contributed by atoms with E-state index < -0.39 is 5.41 Å². The van der Waals surface area contributed by atoms with Crippen LogP contribution in [0.25, 0.3) is 11.5 Å². The smallest absolute Gasteiger partial charge is 0.316 e. The Kier molecular flexibility index (Phi) is 5.09. The van der Waals surface area contributed by atoms with E-state index in [0.717, 1.165) is 16.7 Å². The van der Waals surface area contributed by atoms with E-state index in [2.05, 4.69) is 10.2 Å². The molecule has 0 bridgehead atoms. The number of nitrogens with zero attached hydrogens (tertiary/aromatic N) is 2. The van der Waals surface area contributed by atoms with Crippen LogP contribution >= 0.6 is 11.6 Å². The highest BCUT2D eigenvalue weighted by Gasteiger charge is 2.31. The van der Waals surface area contributed by atoms with Gasteiger partial charge in [0.05, 0.1) is 5.41 Å². The van der Waals surface area contributed by atoms with E-state index >= 15 is 0 Å². The second-order valence-electron chi connectivity index (χ2n) is 6.58. The van der Waals surface area contributed by atoms with Crippen molar-refractivity contribution < 1.29 is 13.9 Å². The summed E-state index contributed by atoms with van der Waals surface area (Å²) in [6.07, 6.45) is 0. The Hall–Kier alpha value is -2.66. The third-order valence-corrected chi connectivity index (χ3v) is 4.42. The van der Waals surface area contributed by atoms with E-state index in [-0.39, 0.29) is 18.5 Å². The van der Waals surface area contributed by atoms with Crippen molar-refractivity contribution in [3.8, 4) is 11.5 Å². The molecule has 3 rings (SSSR count). The summed E-state index contributed by atoms with van der Waals surface area (Å²) in [5, 5.41) is 8.53. The number of rotatable bonds is 5. The van der Waals surface area contributed by atoms with Crippen LogP contribution in [0, 0.1) is 6.92 Å². The van der Waals surface area contributed by atoms with E-state index in [4.69, 9.17) is 20.8 Å². The molecule has 3 aromatic rings. The van der Waals surface area contributed by atoms with Crippen molar-refractivity contribution in [1.82, 2.24) is 10.2 Å². The monoisotopic (exact) mass is 370 g/mol. The third kappa shape index (κ3) is 3.94. The Morgan fingerprint density at radius 1 is 1.08 bits per heavy atom. The largest absolute Gasteiger partial charge is 0.455 e. The minimum absolute atomic E-state index is 0.0747. The molecular formula is C20H19ClN2O3. The molecule has 5 nitrogen and oxygen atoms in total. The molecule has 0 fully saturated rings. The van der Waals surface area contributed by atoms with Gasteiger partial charge < -0.3 is 9.15 Å². The first kappa shape index (κ1) is 18.1. The molecule has 1 heterocycles. The second kappa shape index (κ2) is 7.30. The zero-order chi connectivity index (χ0) is 18.7. The lowest BCUT2D eigenvalue weighted by Crippen LogP contribution is -2.31. The molecule has 0 aliphatic carbocycles. The molecule has 0 amide bonds. The fourth-order valence-corrected chi connectivity index (χ4v) is 2.54. The Balaban J connectivity index is 1.66. The molecule has 134 valence electrons. The Morgan fingerprint density at radius 2 is 1.73 bits per heavy atom. The summed E-state index contributed by atoms with van der Waals surface area (Å²) < 4.78 is 10.9. The third-order valence-electron chi connectivity index (χ3n) is 4.17. The topological polar surface area (TPSA) is 65.2 Å². The molecule has 1 aromatic heterocycles. The van der Waals surface area contributed by atoms with Crippen molar-refractivity contribution in [3.05, 3.63) is 70.6 Å². The first-order valence-electron chi connectivity index (χ1n) is 8.19. The van der Waals surface area contributed by atoms with Gasteiger partial charge in [-0.1, -0.05) is 41.4 Å². The average Bonchev–Trinajstić information content (AvgIpc) is 3.09. The van der Waals surface area contributed by atoms with Crippen LogP contribution in [0.1, 0.15) is 30.9 Å². The maximum Gasteiger partial charge on any atom is 0.316 e. The van der Waals surface area contributed by atoms with E-state index in [9.17, 15) is 4.79 Å². The van der Waals surface area contributed by atoms with Crippen LogP contribution in [0.15, 0.2) is 52.9 Å². The Morgan fingerprint density at radius 3 is 2.38 bits per heavy atom. The molecule has 0 aliphatic rings. The number of aryl methyl sites for hydroxylation is 1. The number of ether oxygens (including phenoxy) is 1. The summed E-state index contributed by atoms with van der Waals surface area (Å²) in [6, 6.07) is 14.9. The fraction of sp³-hybridized carbons (Fsp3) is 0.250. The summed E-state index contributed by atoms with van der Waals surface area (Å²) in [4.78, 5) is 12.5. The van der Waals surface area contributed by atoms with E-state index in [1.54, 1.807) is 24.3 Å². The van der Waals surface area contributed by atoms with E-state index in [1.165, 1.54) is 0 Å². The van der Waals surface area contributed by atoms with Crippen LogP contribution in [0.5, 0.6) is 0 Å². The highest BCUT2D eigenvalue weighted by Crippen LogP contribution is 2.26. The zero-order valence-electron chi connectivity index (χ0n) is 14.8. The van der Waals surface area contributed by atoms with Crippen molar-refractivity contribution in [3.63, 3.8) is 0 Å². The van der Waals surface area contributed by atoms with Crippen molar-refractivity contribution in [1.29, 1.82) is 0 Å². The average molecular weight is 371 g/mol. The van der Waals surface area contributed by atoms with Gasteiger partial charge in [-0.25, -0.2) is 0 Å². The van der Waals surface area contributed by atoms with Crippen molar-refractivity contribution in [2.45, 2.75) is 32.8 Å². The highest BCUT2D eigenvalue weighted by molar-refractivity contribution is 6.30. The van der Waals surface area contributed by atoms with Crippen LogP contribution in [0.2, 0.25) is 5.02 Å². The van der Waals surface area contributed by atoms with E-state index in [0.29, 0.717) is 10.9 Å². The van der Waals surface area contributed by atoms with E-state index in [1.807, 2.05) is 45.0 Å². The molecule has 26 heavy (non-hydrogen) atoms. The molecule has 0 saturated carbocycles. The molecular weight excluding hydrogens is 352 g/mol. The minimum atomic E-state index is -0.771. The van der Waals surface area contributed by atoms with Crippen LogP contribution in [-0.4, -0.2) is 16.2 Å². The van der Waals surface area contributed by atoms with Gasteiger partial charge in [0, 0.05) is 10.6 Å². The molecule has 0 N–H and O–H groups in total. The number of carbonyl (C=O) groups excluding carboxylic acids is 1. The molecule has 0 atom stereocenters. The molecule has 2 aromatic carbocycles. The number of carbonyl (C=O) groups is 1. The first-order chi connectivity index (χ1) is 12.4. The lowest BCUT2D eigenvalue weighted by molar-refractivity contribution is -0.151. The zero-order valence-corrected chi connectivity index (χ0v) is 15.6. The summed E-state index contributed by atoms with van der Waals surface area (Å²) >= 11 is 5.87. The van der Waals surface area contributed by atoms with Gasteiger partial charge in [-0.05, 0) is 50.6 Å². The quantitative estimate of drug-likeness (QED) is 0.608. The van der Waals surface area contributed by atoms with Gasteiger partial charge in [0.25, 0.3) is 5.89 Å². The van der Waals surface area contributed by atoms with Crippen molar-refractivity contribution in [2.75, 3.05) is 0 Å². The van der Waals surface area contributed by atoms with Crippen LogP contribution in [0.3, 0.4) is 0 Å². The number of halogens is 1. The SMILES string of the molecule is Cc1ccc(C(C)(C)C(=O)OCc2nnc(-c3ccc(Cl)cc3)o2)cc1.